The molecule has 0 spiro atoms. The molecule has 1 aliphatic carbocycles. The molecule has 0 bridgehead atoms. The van der Waals surface area contributed by atoms with Gasteiger partial charge in [-0.05, 0) is 53.6 Å². The highest BCUT2D eigenvalue weighted by atomic mass is 19.1. The average molecular weight is 351 g/mol. The van der Waals surface area contributed by atoms with E-state index in [0.717, 1.165) is 16.5 Å². The maximum Gasteiger partial charge on any atom is 0.324 e. The number of fused-ring (bicyclic) bond motifs is 2. The van der Waals surface area contributed by atoms with E-state index in [-0.39, 0.29) is 12.2 Å². The zero-order valence-corrected chi connectivity index (χ0v) is 14.0. The summed E-state index contributed by atoms with van der Waals surface area (Å²) in [5.74, 6) is -0.378. The topological polar surface area (TPSA) is 72.6 Å². The summed E-state index contributed by atoms with van der Waals surface area (Å²) in [6, 6.07) is 15.8. The lowest BCUT2D eigenvalue weighted by molar-refractivity contribution is -0.143. The number of nitrogens with two attached hydrogens (primary N) is 1. The summed E-state index contributed by atoms with van der Waals surface area (Å²) < 4.78 is 20.2. The second kappa shape index (κ2) is 6.11. The molecule has 26 heavy (non-hydrogen) atoms. The van der Waals surface area contributed by atoms with Gasteiger partial charge >= 0.3 is 5.97 Å². The quantitative estimate of drug-likeness (QED) is 0.747. The van der Waals surface area contributed by atoms with E-state index >= 15 is 0 Å². The minimum atomic E-state index is -1.25. The third-order valence-electron chi connectivity index (χ3n) is 4.99. The molecule has 0 amide bonds. The molecule has 4 nitrogen and oxygen atoms in total. The predicted octanol–water partition coefficient (Wildman–Crippen LogP) is 4.04. The summed E-state index contributed by atoms with van der Waals surface area (Å²) in [4.78, 5) is 11.4. The highest BCUT2D eigenvalue weighted by Crippen LogP contribution is 2.35. The number of hydrogen-bond acceptors (Lipinski definition) is 3. The Morgan fingerprint density at radius 3 is 2.65 bits per heavy atom. The van der Waals surface area contributed by atoms with Crippen molar-refractivity contribution in [3.05, 3.63) is 71.5 Å². The Kier molecular flexibility index (Phi) is 3.89. The van der Waals surface area contributed by atoms with Crippen LogP contribution in [0.3, 0.4) is 0 Å². The van der Waals surface area contributed by atoms with Gasteiger partial charge in [-0.1, -0.05) is 30.3 Å². The number of aryl methyl sites for hydroxylation is 1. The average Bonchev–Trinajstić information content (AvgIpc) is 2.61. The number of ether oxygens (including phenoxy) is 1. The minimum absolute atomic E-state index is 0.249. The Hall–Kier alpha value is -2.92. The van der Waals surface area contributed by atoms with Gasteiger partial charge in [0.05, 0.1) is 5.39 Å². The zero-order chi connectivity index (χ0) is 18.3. The van der Waals surface area contributed by atoms with Gasteiger partial charge < -0.3 is 15.6 Å². The van der Waals surface area contributed by atoms with E-state index in [0.29, 0.717) is 29.7 Å². The molecule has 0 saturated carbocycles. The van der Waals surface area contributed by atoms with Crippen molar-refractivity contribution in [3.63, 3.8) is 0 Å². The largest absolute Gasteiger partial charge is 0.480 e. The van der Waals surface area contributed by atoms with Crippen molar-refractivity contribution in [2.45, 2.75) is 24.8 Å². The summed E-state index contributed by atoms with van der Waals surface area (Å²) in [6.45, 7) is 0. The first-order chi connectivity index (χ1) is 12.5. The number of carboxylic acid groups (broad SMARTS) is 1. The standard InChI is InChI=1S/C21H18FNO3/c22-17-5-1-3-14-4-2-6-18(19(14)17)26-16-8-7-13-9-10-21(23,20(24)25)12-15(13)11-16/h1-8,11H,9-10,12,23H2,(H,24,25). The molecule has 0 fully saturated rings. The van der Waals surface area contributed by atoms with Gasteiger partial charge in [-0.15, -0.1) is 0 Å². The number of carboxylic acids is 1. The molecule has 0 aromatic heterocycles. The van der Waals surface area contributed by atoms with Crippen LogP contribution in [0.1, 0.15) is 17.5 Å². The number of carbonyl (C=O) groups is 1. The fraction of sp³-hybridized carbons (Fsp3) is 0.190. The van der Waals surface area contributed by atoms with Gasteiger partial charge in [0.2, 0.25) is 0 Å². The van der Waals surface area contributed by atoms with Gasteiger partial charge in [0, 0.05) is 6.42 Å². The molecular weight excluding hydrogens is 333 g/mol. The third-order valence-corrected chi connectivity index (χ3v) is 4.99. The van der Waals surface area contributed by atoms with Crippen LogP contribution in [0, 0.1) is 5.82 Å². The maximum absolute atomic E-state index is 14.3. The van der Waals surface area contributed by atoms with E-state index in [4.69, 9.17) is 10.5 Å². The molecule has 0 radical (unpaired) electrons. The van der Waals surface area contributed by atoms with E-state index in [1.807, 2.05) is 30.3 Å². The van der Waals surface area contributed by atoms with E-state index < -0.39 is 11.5 Å². The van der Waals surface area contributed by atoms with Crippen molar-refractivity contribution in [1.29, 1.82) is 0 Å². The highest BCUT2D eigenvalue weighted by molar-refractivity contribution is 5.89. The van der Waals surface area contributed by atoms with Crippen molar-refractivity contribution in [1.82, 2.24) is 0 Å². The van der Waals surface area contributed by atoms with Crippen LogP contribution >= 0.6 is 0 Å². The molecule has 3 aromatic carbocycles. The molecule has 0 saturated heterocycles. The first kappa shape index (κ1) is 16.5. The molecule has 1 aliphatic rings. The second-order valence-corrected chi connectivity index (χ2v) is 6.76. The molecule has 5 heteroatoms. The zero-order valence-electron chi connectivity index (χ0n) is 14.0. The fourth-order valence-corrected chi connectivity index (χ4v) is 3.52. The Morgan fingerprint density at radius 2 is 1.88 bits per heavy atom. The lowest BCUT2D eigenvalue weighted by Crippen LogP contribution is -2.52. The third kappa shape index (κ3) is 2.80. The molecule has 132 valence electrons. The highest BCUT2D eigenvalue weighted by Gasteiger charge is 2.37. The Labute approximate surface area is 150 Å². The minimum Gasteiger partial charge on any atom is -0.480 e. The van der Waals surface area contributed by atoms with Gasteiger partial charge in [-0.2, -0.15) is 0 Å². The maximum atomic E-state index is 14.3. The Balaban J connectivity index is 1.70. The van der Waals surface area contributed by atoms with Crippen LogP contribution in [0.4, 0.5) is 4.39 Å². The fourth-order valence-electron chi connectivity index (χ4n) is 3.52. The molecule has 4 rings (SSSR count). The van der Waals surface area contributed by atoms with Crippen LogP contribution in [0.5, 0.6) is 11.5 Å². The van der Waals surface area contributed by atoms with Crippen LogP contribution < -0.4 is 10.5 Å². The monoisotopic (exact) mass is 351 g/mol. The van der Waals surface area contributed by atoms with Crippen molar-refractivity contribution < 1.29 is 19.0 Å². The van der Waals surface area contributed by atoms with Gasteiger partial charge in [0.15, 0.2) is 0 Å². The van der Waals surface area contributed by atoms with Crippen molar-refractivity contribution in [2.75, 3.05) is 0 Å². The lowest BCUT2D eigenvalue weighted by atomic mass is 9.78. The number of rotatable bonds is 3. The SMILES string of the molecule is NC1(C(=O)O)CCc2ccc(Oc3cccc4cccc(F)c34)cc2C1. The van der Waals surface area contributed by atoms with Crippen LogP contribution in [0.15, 0.2) is 54.6 Å². The van der Waals surface area contributed by atoms with Crippen molar-refractivity contribution >= 4 is 16.7 Å². The first-order valence-corrected chi connectivity index (χ1v) is 8.45. The summed E-state index contributed by atoms with van der Waals surface area (Å²) in [5.41, 5.74) is 6.70. The molecule has 0 aliphatic heterocycles. The molecule has 3 aromatic rings. The van der Waals surface area contributed by atoms with E-state index in [1.54, 1.807) is 18.2 Å². The Bertz CT molecular complexity index is 1010. The van der Waals surface area contributed by atoms with E-state index in [2.05, 4.69) is 0 Å². The smallest absolute Gasteiger partial charge is 0.324 e. The molecule has 0 heterocycles. The molecule has 3 N–H and O–H groups in total. The molecular formula is C21H18FNO3. The van der Waals surface area contributed by atoms with Crippen LogP contribution in [-0.2, 0) is 17.6 Å². The lowest BCUT2D eigenvalue weighted by Gasteiger charge is -2.31. The second-order valence-electron chi connectivity index (χ2n) is 6.76. The summed E-state index contributed by atoms with van der Waals surface area (Å²) in [6.07, 6.45) is 1.27. The number of halogens is 1. The van der Waals surface area contributed by atoms with Crippen LogP contribution in [0.25, 0.3) is 10.8 Å². The summed E-state index contributed by atoms with van der Waals surface area (Å²) >= 11 is 0. The summed E-state index contributed by atoms with van der Waals surface area (Å²) in [5, 5.41) is 10.6. The van der Waals surface area contributed by atoms with E-state index in [9.17, 15) is 14.3 Å². The predicted molar refractivity (Wildman–Crippen MR) is 97.0 cm³/mol. The first-order valence-electron chi connectivity index (χ1n) is 8.45. The van der Waals surface area contributed by atoms with Crippen molar-refractivity contribution in [3.8, 4) is 11.5 Å². The molecule has 1 atom stereocenters. The number of benzene rings is 3. The van der Waals surface area contributed by atoms with Gasteiger partial charge in [-0.3, -0.25) is 4.79 Å². The summed E-state index contributed by atoms with van der Waals surface area (Å²) in [7, 11) is 0. The number of hydrogen-bond donors (Lipinski definition) is 2. The van der Waals surface area contributed by atoms with Gasteiger partial charge in [-0.25, -0.2) is 4.39 Å². The molecule has 1 unspecified atom stereocenters. The van der Waals surface area contributed by atoms with Crippen molar-refractivity contribution in [2.24, 2.45) is 5.73 Å². The number of aliphatic carboxylic acids is 1. The normalized spacial score (nSPS) is 19.2. The van der Waals surface area contributed by atoms with Crippen LogP contribution in [0.2, 0.25) is 0 Å². The van der Waals surface area contributed by atoms with Crippen LogP contribution in [-0.4, -0.2) is 16.6 Å². The van der Waals surface area contributed by atoms with E-state index in [1.165, 1.54) is 6.07 Å². The van der Waals surface area contributed by atoms with Gasteiger partial charge in [0.25, 0.3) is 0 Å². The van der Waals surface area contributed by atoms with Gasteiger partial charge in [0.1, 0.15) is 22.9 Å². The Morgan fingerprint density at radius 1 is 1.12 bits per heavy atom.